The highest BCUT2D eigenvalue weighted by Crippen LogP contribution is 2.52. The van der Waals surface area contributed by atoms with Crippen LogP contribution in [-0.2, 0) is 0 Å². The second-order valence-corrected chi connectivity index (χ2v) is 12.4. The number of hydrogen-bond acceptors (Lipinski definition) is 2. The highest BCUT2D eigenvalue weighted by atomic mass is 32.1. The third-order valence-corrected chi connectivity index (χ3v) is 10.1. The molecule has 206 valence electrons. The van der Waals surface area contributed by atoms with Gasteiger partial charge in [-0.25, -0.2) is 0 Å². The Morgan fingerprint density at radius 3 is 1.80 bits per heavy atom. The molecule has 2 heterocycles. The van der Waals surface area contributed by atoms with Crippen LogP contribution in [0.2, 0.25) is 0 Å². The maximum atomic E-state index is 2.43. The minimum absolute atomic E-state index is 1.14. The van der Waals surface area contributed by atoms with E-state index in [4.69, 9.17) is 0 Å². The third-order valence-electron chi connectivity index (χ3n) is 8.84. The quantitative estimate of drug-likeness (QED) is 0.202. The zero-order chi connectivity index (χ0) is 29.0. The number of fused-ring (bicyclic) bond motifs is 8. The first-order chi connectivity index (χ1) is 21.8. The van der Waals surface area contributed by atoms with Crippen molar-refractivity contribution in [1.82, 2.24) is 0 Å². The Morgan fingerprint density at radius 1 is 0.364 bits per heavy atom. The van der Waals surface area contributed by atoms with Crippen LogP contribution >= 0.6 is 11.3 Å². The van der Waals surface area contributed by atoms with Gasteiger partial charge >= 0.3 is 0 Å². The molecule has 0 atom stereocenters. The van der Waals surface area contributed by atoms with E-state index in [1.54, 1.807) is 0 Å². The van der Waals surface area contributed by atoms with Crippen molar-refractivity contribution in [3.05, 3.63) is 164 Å². The van der Waals surface area contributed by atoms with Gasteiger partial charge in [0.25, 0.3) is 0 Å². The molecule has 0 saturated carbocycles. The standard InChI is InChI=1S/C42H27NS/c1-2-11-28(12-3-1)29-21-24-31(25-22-29)43-39-19-8-6-15-35(39)33-13-4-5-14-34(33)38-27-30(23-26-40(38)43)32-17-10-18-37-36-16-7-9-20-41(36)44-42(32)37/h1-27H. The number of thiophene rings is 1. The summed E-state index contributed by atoms with van der Waals surface area (Å²) in [6.07, 6.45) is 0. The molecule has 0 saturated heterocycles. The van der Waals surface area contributed by atoms with Crippen LogP contribution in [-0.4, -0.2) is 0 Å². The zero-order valence-corrected chi connectivity index (χ0v) is 24.8. The van der Waals surface area contributed by atoms with Crippen molar-refractivity contribution < 1.29 is 0 Å². The highest BCUT2D eigenvalue weighted by molar-refractivity contribution is 7.26. The molecule has 0 radical (unpaired) electrons. The molecule has 9 rings (SSSR count). The van der Waals surface area contributed by atoms with Gasteiger partial charge in [-0.3, -0.25) is 0 Å². The van der Waals surface area contributed by atoms with E-state index in [0.29, 0.717) is 0 Å². The molecule has 7 aromatic carbocycles. The van der Waals surface area contributed by atoms with Gasteiger partial charge in [-0.2, -0.15) is 0 Å². The molecule has 0 aliphatic carbocycles. The number of para-hydroxylation sites is 1. The van der Waals surface area contributed by atoms with Crippen LogP contribution in [0.25, 0.3) is 64.7 Å². The van der Waals surface area contributed by atoms with E-state index < -0.39 is 0 Å². The molecule has 1 aliphatic heterocycles. The van der Waals surface area contributed by atoms with Crippen LogP contribution in [0.5, 0.6) is 0 Å². The van der Waals surface area contributed by atoms with Crippen LogP contribution in [0.1, 0.15) is 0 Å². The Bertz CT molecular complexity index is 2330. The minimum atomic E-state index is 1.14. The number of anilines is 3. The molecule has 1 nitrogen and oxygen atoms in total. The summed E-state index contributed by atoms with van der Waals surface area (Å²) in [6, 6.07) is 59.7. The lowest BCUT2D eigenvalue weighted by atomic mass is 9.92. The number of hydrogen-bond donors (Lipinski definition) is 0. The average Bonchev–Trinajstić information content (AvgIpc) is 3.43. The summed E-state index contributed by atoms with van der Waals surface area (Å²) >= 11 is 1.89. The van der Waals surface area contributed by atoms with Gasteiger partial charge in [-0.05, 0) is 69.8 Å². The van der Waals surface area contributed by atoms with E-state index in [9.17, 15) is 0 Å². The van der Waals surface area contributed by atoms with E-state index >= 15 is 0 Å². The average molecular weight is 578 g/mol. The maximum Gasteiger partial charge on any atom is 0.0540 e. The highest BCUT2D eigenvalue weighted by Gasteiger charge is 2.26. The van der Waals surface area contributed by atoms with E-state index in [-0.39, 0.29) is 0 Å². The van der Waals surface area contributed by atoms with Gasteiger partial charge in [0.15, 0.2) is 0 Å². The molecule has 1 aliphatic rings. The lowest BCUT2D eigenvalue weighted by Gasteiger charge is -2.28. The van der Waals surface area contributed by atoms with Crippen LogP contribution in [0.3, 0.4) is 0 Å². The van der Waals surface area contributed by atoms with E-state index in [2.05, 4.69) is 169 Å². The van der Waals surface area contributed by atoms with Crippen molar-refractivity contribution in [3.8, 4) is 44.5 Å². The summed E-state index contributed by atoms with van der Waals surface area (Å²) in [6.45, 7) is 0. The predicted molar refractivity (Wildman–Crippen MR) is 189 cm³/mol. The Labute approximate surface area is 260 Å². The van der Waals surface area contributed by atoms with Crippen molar-refractivity contribution in [1.29, 1.82) is 0 Å². The van der Waals surface area contributed by atoms with Gasteiger partial charge in [0.05, 0.1) is 11.4 Å². The topological polar surface area (TPSA) is 3.24 Å². The van der Waals surface area contributed by atoms with Gasteiger partial charge < -0.3 is 4.90 Å². The predicted octanol–water partition coefficient (Wildman–Crippen LogP) is 12.5. The van der Waals surface area contributed by atoms with Gasteiger partial charge in [-0.1, -0.05) is 127 Å². The van der Waals surface area contributed by atoms with Crippen molar-refractivity contribution in [3.63, 3.8) is 0 Å². The zero-order valence-electron chi connectivity index (χ0n) is 23.9. The molecule has 1 aromatic heterocycles. The Morgan fingerprint density at radius 2 is 0.955 bits per heavy atom. The largest absolute Gasteiger partial charge is 0.309 e. The minimum Gasteiger partial charge on any atom is -0.309 e. The van der Waals surface area contributed by atoms with Gasteiger partial charge in [0.1, 0.15) is 0 Å². The van der Waals surface area contributed by atoms with E-state index in [1.165, 1.54) is 76.1 Å². The first kappa shape index (κ1) is 25.1. The van der Waals surface area contributed by atoms with Crippen LogP contribution < -0.4 is 4.90 Å². The second-order valence-electron chi connectivity index (χ2n) is 11.3. The molecular weight excluding hydrogens is 551 g/mol. The molecular formula is C42H27NS. The van der Waals surface area contributed by atoms with E-state index in [1.807, 2.05) is 11.3 Å². The Kier molecular flexibility index (Phi) is 5.75. The number of nitrogens with zero attached hydrogens (tertiary/aromatic N) is 1. The SMILES string of the molecule is c1ccc(-c2ccc(N3c4ccccc4-c4ccccc4-c4cc(-c5cccc6c5sc5ccccc56)ccc43)cc2)cc1. The lowest BCUT2D eigenvalue weighted by molar-refractivity contribution is 1.29. The van der Waals surface area contributed by atoms with Crippen LogP contribution in [0.15, 0.2) is 164 Å². The van der Waals surface area contributed by atoms with Gasteiger partial charge in [-0.15, -0.1) is 11.3 Å². The van der Waals surface area contributed by atoms with E-state index in [0.717, 1.165) is 5.69 Å². The fourth-order valence-corrected chi connectivity index (χ4v) is 8.02. The summed E-state index contributed by atoms with van der Waals surface area (Å²) in [5, 5.41) is 2.65. The van der Waals surface area contributed by atoms with Gasteiger partial charge in [0, 0.05) is 37.0 Å². The molecule has 0 fully saturated rings. The summed E-state index contributed by atoms with van der Waals surface area (Å²) in [5.41, 5.74) is 13.5. The fraction of sp³-hybridized carbons (Fsp3) is 0. The first-order valence-electron chi connectivity index (χ1n) is 15.0. The van der Waals surface area contributed by atoms with Crippen molar-refractivity contribution >= 4 is 48.6 Å². The van der Waals surface area contributed by atoms with Crippen LogP contribution in [0, 0.1) is 0 Å². The van der Waals surface area contributed by atoms with Crippen LogP contribution in [0.4, 0.5) is 17.1 Å². The second kappa shape index (κ2) is 10.1. The summed E-state index contributed by atoms with van der Waals surface area (Å²) in [7, 11) is 0. The molecule has 8 aromatic rings. The number of benzene rings is 7. The Balaban J connectivity index is 1.27. The monoisotopic (exact) mass is 577 g/mol. The smallest absolute Gasteiger partial charge is 0.0540 e. The Hall–Kier alpha value is -5.44. The normalized spacial score (nSPS) is 12.0. The molecule has 0 unspecified atom stereocenters. The molecule has 0 bridgehead atoms. The molecule has 2 heteroatoms. The first-order valence-corrected chi connectivity index (χ1v) is 15.8. The van der Waals surface area contributed by atoms with Crippen molar-refractivity contribution in [2.45, 2.75) is 0 Å². The fourth-order valence-electron chi connectivity index (χ4n) is 6.78. The van der Waals surface area contributed by atoms with Crippen molar-refractivity contribution in [2.24, 2.45) is 0 Å². The third kappa shape index (κ3) is 3.92. The van der Waals surface area contributed by atoms with Crippen molar-refractivity contribution in [2.75, 3.05) is 4.90 Å². The summed E-state index contributed by atoms with van der Waals surface area (Å²) < 4.78 is 2.67. The lowest BCUT2D eigenvalue weighted by Crippen LogP contribution is -2.10. The molecule has 0 N–H and O–H groups in total. The number of rotatable bonds is 3. The van der Waals surface area contributed by atoms with Gasteiger partial charge in [0.2, 0.25) is 0 Å². The summed E-state index contributed by atoms with van der Waals surface area (Å²) in [5.74, 6) is 0. The molecule has 0 spiro atoms. The summed E-state index contributed by atoms with van der Waals surface area (Å²) in [4.78, 5) is 2.43. The molecule has 44 heavy (non-hydrogen) atoms. The maximum absolute atomic E-state index is 2.43. The molecule has 0 amide bonds.